The van der Waals surface area contributed by atoms with Gasteiger partial charge in [-0.15, -0.1) is 0 Å². The Labute approximate surface area is 121 Å². The zero-order chi connectivity index (χ0) is 15.7. The molecule has 112 valence electrons. The third-order valence-electron chi connectivity index (χ3n) is 3.34. The van der Waals surface area contributed by atoms with Crippen molar-refractivity contribution in [3.05, 3.63) is 56.6 Å². The highest BCUT2D eigenvalue weighted by Gasteiger charge is 2.17. The molecular weight excluding hydrogens is 277 g/mol. The van der Waals surface area contributed by atoms with Crippen molar-refractivity contribution in [2.45, 2.75) is 33.4 Å². The molecule has 1 aromatic carbocycles. The fourth-order valence-corrected chi connectivity index (χ4v) is 2.47. The number of nitrogens with zero attached hydrogens (tertiary/aromatic N) is 3. The van der Waals surface area contributed by atoms with Crippen molar-refractivity contribution < 1.29 is 14.4 Å². The van der Waals surface area contributed by atoms with Gasteiger partial charge in [-0.2, -0.15) is 5.10 Å². The van der Waals surface area contributed by atoms with Crippen LogP contribution >= 0.6 is 0 Å². The molecule has 1 unspecified atom stereocenters. The molecular formula is C14H16FN3O3. The molecule has 2 rings (SSSR count). The maximum absolute atomic E-state index is 13.4. The molecule has 21 heavy (non-hydrogen) atoms. The normalized spacial score (nSPS) is 12.4. The zero-order valence-corrected chi connectivity index (χ0v) is 12.0. The molecule has 0 aliphatic carbocycles. The monoisotopic (exact) mass is 293 g/mol. The predicted octanol–water partition coefficient (Wildman–Crippen LogP) is 2.65. The van der Waals surface area contributed by atoms with Crippen molar-refractivity contribution in [1.29, 1.82) is 0 Å². The van der Waals surface area contributed by atoms with Gasteiger partial charge in [-0.3, -0.25) is 14.8 Å². The number of aromatic nitrogens is 2. The van der Waals surface area contributed by atoms with Crippen LogP contribution in [0.25, 0.3) is 0 Å². The van der Waals surface area contributed by atoms with Crippen LogP contribution in [0.5, 0.6) is 0 Å². The molecule has 7 heteroatoms. The summed E-state index contributed by atoms with van der Waals surface area (Å²) >= 11 is 0. The molecule has 1 N–H and O–H groups in total. The lowest BCUT2D eigenvalue weighted by Gasteiger charge is -2.07. The van der Waals surface area contributed by atoms with E-state index >= 15 is 0 Å². The fourth-order valence-electron chi connectivity index (χ4n) is 2.47. The summed E-state index contributed by atoms with van der Waals surface area (Å²) in [4.78, 5) is 10.1. The van der Waals surface area contributed by atoms with Crippen LogP contribution in [0.15, 0.2) is 18.2 Å². The standard InChI is InChI=1S/C14H16FN3O3/c1-8-14(10(3)19)9(2)17(16-8)7-11-4-12(15)6-13(5-11)18(20)21/h4-6,10,19H,7H2,1-3H3. The number of aryl methyl sites for hydroxylation is 1. The van der Waals surface area contributed by atoms with Gasteiger partial charge in [0.05, 0.1) is 29.3 Å². The zero-order valence-electron chi connectivity index (χ0n) is 12.0. The maximum Gasteiger partial charge on any atom is 0.272 e. The molecule has 0 amide bonds. The average Bonchev–Trinajstić information content (AvgIpc) is 2.63. The van der Waals surface area contributed by atoms with E-state index in [1.807, 2.05) is 0 Å². The molecule has 0 fully saturated rings. The number of nitro groups is 1. The topological polar surface area (TPSA) is 81.2 Å². The summed E-state index contributed by atoms with van der Waals surface area (Å²) in [7, 11) is 0. The lowest BCUT2D eigenvalue weighted by molar-refractivity contribution is -0.385. The first-order chi connectivity index (χ1) is 9.79. The molecule has 2 aromatic rings. The molecule has 0 saturated carbocycles. The van der Waals surface area contributed by atoms with E-state index in [-0.39, 0.29) is 12.2 Å². The van der Waals surface area contributed by atoms with Crippen LogP contribution < -0.4 is 0 Å². The van der Waals surface area contributed by atoms with E-state index in [2.05, 4.69) is 5.10 Å². The molecule has 6 nitrogen and oxygen atoms in total. The summed E-state index contributed by atoms with van der Waals surface area (Å²) in [6.07, 6.45) is -0.652. The van der Waals surface area contributed by atoms with E-state index in [0.717, 1.165) is 17.3 Å². The fraction of sp³-hybridized carbons (Fsp3) is 0.357. The number of non-ortho nitro benzene ring substituents is 1. The van der Waals surface area contributed by atoms with Crippen LogP contribution in [0.3, 0.4) is 0 Å². The van der Waals surface area contributed by atoms with Crippen LogP contribution in [0.4, 0.5) is 10.1 Å². The second-order valence-corrected chi connectivity index (χ2v) is 4.99. The van der Waals surface area contributed by atoms with Crippen molar-refractivity contribution in [1.82, 2.24) is 9.78 Å². The second-order valence-electron chi connectivity index (χ2n) is 4.99. The second kappa shape index (κ2) is 5.61. The molecule has 0 saturated heterocycles. The van der Waals surface area contributed by atoms with Gasteiger partial charge in [-0.05, 0) is 32.4 Å². The van der Waals surface area contributed by atoms with Crippen molar-refractivity contribution in [3.63, 3.8) is 0 Å². The first-order valence-electron chi connectivity index (χ1n) is 6.45. The maximum atomic E-state index is 13.4. The van der Waals surface area contributed by atoms with Gasteiger partial charge in [0.2, 0.25) is 0 Å². The summed E-state index contributed by atoms with van der Waals surface area (Å²) < 4.78 is 15.0. The van der Waals surface area contributed by atoms with E-state index in [1.165, 1.54) is 12.1 Å². The molecule has 0 aliphatic heterocycles. The summed E-state index contributed by atoms with van der Waals surface area (Å²) in [5, 5.41) is 24.8. The summed E-state index contributed by atoms with van der Waals surface area (Å²) in [6.45, 7) is 5.43. The highest BCUT2D eigenvalue weighted by Crippen LogP contribution is 2.23. The van der Waals surface area contributed by atoms with Crippen molar-refractivity contribution in [3.8, 4) is 0 Å². The van der Waals surface area contributed by atoms with Gasteiger partial charge < -0.3 is 5.11 Å². The van der Waals surface area contributed by atoms with Gasteiger partial charge in [-0.1, -0.05) is 0 Å². The highest BCUT2D eigenvalue weighted by atomic mass is 19.1. The Balaban J connectivity index is 2.39. The third kappa shape index (κ3) is 3.08. The molecule has 0 bridgehead atoms. The quantitative estimate of drug-likeness (QED) is 0.694. The van der Waals surface area contributed by atoms with Crippen LogP contribution in [0.1, 0.15) is 35.5 Å². The Morgan fingerprint density at radius 2 is 2.10 bits per heavy atom. The van der Waals surface area contributed by atoms with E-state index < -0.39 is 16.8 Å². The van der Waals surface area contributed by atoms with Crippen LogP contribution in [-0.4, -0.2) is 19.8 Å². The first kappa shape index (κ1) is 15.1. The van der Waals surface area contributed by atoms with Gasteiger partial charge in [-0.25, -0.2) is 4.39 Å². The largest absolute Gasteiger partial charge is 0.389 e. The van der Waals surface area contributed by atoms with E-state index in [4.69, 9.17) is 0 Å². The predicted molar refractivity (Wildman–Crippen MR) is 74.5 cm³/mol. The van der Waals surface area contributed by atoms with Crippen LogP contribution in [0, 0.1) is 29.8 Å². The minimum absolute atomic E-state index is 0.206. The van der Waals surface area contributed by atoms with Crippen molar-refractivity contribution in [2.24, 2.45) is 0 Å². The Bertz CT molecular complexity index is 695. The minimum atomic E-state index is -0.656. The smallest absolute Gasteiger partial charge is 0.272 e. The number of aliphatic hydroxyl groups is 1. The number of benzene rings is 1. The average molecular weight is 293 g/mol. The van der Waals surface area contributed by atoms with Crippen molar-refractivity contribution >= 4 is 5.69 Å². The molecule has 0 aliphatic rings. The Kier molecular flexibility index (Phi) is 4.04. The molecule has 1 heterocycles. The lowest BCUT2D eigenvalue weighted by Crippen LogP contribution is -2.06. The number of hydrogen-bond donors (Lipinski definition) is 1. The number of hydrogen-bond acceptors (Lipinski definition) is 4. The molecule has 0 spiro atoms. The highest BCUT2D eigenvalue weighted by molar-refractivity contribution is 5.36. The Hall–Kier alpha value is -2.28. The van der Waals surface area contributed by atoms with E-state index in [9.17, 15) is 19.6 Å². The van der Waals surface area contributed by atoms with Gasteiger partial charge >= 0.3 is 0 Å². The Morgan fingerprint density at radius 1 is 1.43 bits per heavy atom. The van der Waals surface area contributed by atoms with Gasteiger partial charge in [0.1, 0.15) is 5.82 Å². The minimum Gasteiger partial charge on any atom is -0.389 e. The third-order valence-corrected chi connectivity index (χ3v) is 3.34. The van der Waals surface area contributed by atoms with Crippen molar-refractivity contribution in [2.75, 3.05) is 0 Å². The van der Waals surface area contributed by atoms with Crippen LogP contribution in [0.2, 0.25) is 0 Å². The number of nitro benzene ring substituents is 1. The number of aliphatic hydroxyl groups excluding tert-OH is 1. The van der Waals surface area contributed by atoms with Gasteiger partial charge in [0.15, 0.2) is 0 Å². The lowest BCUT2D eigenvalue weighted by atomic mass is 10.1. The SMILES string of the molecule is Cc1nn(Cc2cc(F)cc([N+](=O)[O-])c2)c(C)c1C(C)O. The summed E-state index contributed by atoms with van der Waals surface area (Å²) in [5.41, 5.74) is 2.33. The number of rotatable bonds is 4. The van der Waals surface area contributed by atoms with Gasteiger partial charge in [0.25, 0.3) is 5.69 Å². The number of halogens is 1. The van der Waals surface area contributed by atoms with Gasteiger partial charge in [0, 0.05) is 17.3 Å². The molecule has 1 atom stereocenters. The first-order valence-corrected chi connectivity index (χ1v) is 6.45. The molecule has 0 radical (unpaired) electrons. The Morgan fingerprint density at radius 3 is 2.62 bits per heavy atom. The summed E-state index contributed by atoms with van der Waals surface area (Å²) in [5.74, 6) is -0.656. The van der Waals surface area contributed by atoms with E-state index in [1.54, 1.807) is 25.5 Å². The summed E-state index contributed by atoms with van der Waals surface area (Å²) in [6, 6.07) is 3.44. The van der Waals surface area contributed by atoms with E-state index in [0.29, 0.717) is 11.3 Å². The van der Waals surface area contributed by atoms with Crippen LogP contribution in [-0.2, 0) is 6.54 Å². The molecule has 1 aromatic heterocycles.